The van der Waals surface area contributed by atoms with Crippen LogP contribution in [0.5, 0.6) is 11.5 Å². The summed E-state index contributed by atoms with van der Waals surface area (Å²) < 4.78 is 39.8. The number of nitrogen functional groups attached to an aromatic ring is 1. The van der Waals surface area contributed by atoms with E-state index in [1.165, 1.54) is 27.4 Å². The summed E-state index contributed by atoms with van der Waals surface area (Å²) in [6.45, 7) is 12.0. The molecule has 0 atom stereocenters. The Morgan fingerprint density at radius 1 is 0.933 bits per heavy atom. The summed E-state index contributed by atoms with van der Waals surface area (Å²) in [6, 6.07) is 22.4. The van der Waals surface area contributed by atoms with E-state index in [1.54, 1.807) is 21.1 Å². The topological polar surface area (TPSA) is 173 Å². The van der Waals surface area contributed by atoms with E-state index in [1.807, 2.05) is 56.3 Å². The Morgan fingerprint density at radius 3 is 1.91 bits per heavy atom. The van der Waals surface area contributed by atoms with Crippen LogP contribution in [0.25, 0.3) is 21.5 Å². The summed E-state index contributed by atoms with van der Waals surface area (Å²) in [5.74, 6) is 7.56. The maximum Gasteiger partial charge on any atom is 1.00 e. The number of carbonyl (C=O) groups is 1. The average molecular weight is 650 g/mol. The normalized spacial score (nSPS) is 12.6. The van der Waals surface area contributed by atoms with Gasteiger partial charge in [0, 0.05) is 22.7 Å². The van der Waals surface area contributed by atoms with Crippen LogP contribution in [-0.4, -0.2) is 43.9 Å². The number of ketones is 1. The summed E-state index contributed by atoms with van der Waals surface area (Å²) in [7, 11) is -1.49. The first-order valence-electron chi connectivity index (χ1n) is 13.6. The van der Waals surface area contributed by atoms with Gasteiger partial charge in [-0.2, -0.15) is 0 Å². The fourth-order valence-electron chi connectivity index (χ4n) is 4.11. The molecule has 5 rings (SSSR count). The van der Waals surface area contributed by atoms with Crippen LogP contribution in [-0.2, 0) is 24.9 Å². The van der Waals surface area contributed by atoms with Crippen molar-refractivity contribution in [1.29, 1.82) is 0 Å². The van der Waals surface area contributed by atoms with Gasteiger partial charge in [-0.05, 0) is 83.4 Å². The minimum absolute atomic E-state index is 0. The molecule has 0 bridgehead atoms. The van der Waals surface area contributed by atoms with Gasteiger partial charge in [-0.3, -0.25) is 15.6 Å². The van der Waals surface area contributed by atoms with Crippen LogP contribution in [0.1, 0.15) is 47.1 Å². The van der Waals surface area contributed by atoms with Crippen molar-refractivity contribution in [3.05, 3.63) is 72.3 Å². The molecule has 11 nitrogen and oxygen atoms in total. The van der Waals surface area contributed by atoms with Crippen molar-refractivity contribution in [1.82, 2.24) is 0 Å². The van der Waals surface area contributed by atoms with Gasteiger partial charge < -0.3 is 19.5 Å². The molecule has 13 heteroatoms. The van der Waals surface area contributed by atoms with Gasteiger partial charge in [-0.15, -0.1) is 4.33 Å². The number of anilines is 1. The molecular formula is C32H40N3NaO8S. The Labute approximate surface area is 286 Å². The largest absolute Gasteiger partial charge is 1.00 e. The Hall–Kier alpha value is -3.07. The van der Waals surface area contributed by atoms with E-state index in [0.717, 1.165) is 28.3 Å². The number of methoxy groups -OCH3 is 2. The van der Waals surface area contributed by atoms with Crippen LogP contribution in [0.15, 0.2) is 71.7 Å². The van der Waals surface area contributed by atoms with E-state index in [9.17, 15) is 4.79 Å². The van der Waals surface area contributed by atoms with Crippen LogP contribution in [0, 0.1) is 5.92 Å². The molecule has 0 saturated heterocycles. The molecule has 0 spiro atoms. The van der Waals surface area contributed by atoms with Gasteiger partial charge in [-0.25, -0.2) is 13.7 Å². The van der Waals surface area contributed by atoms with Crippen LogP contribution in [0.2, 0.25) is 0 Å². The van der Waals surface area contributed by atoms with E-state index >= 15 is 0 Å². The zero-order valence-electron chi connectivity index (χ0n) is 27.2. The zero-order valence-corrected chi connectivity index (χ0v) is 30.0. The van der Waals surface area contributed by atoms with Crippen LogP contribution in [0.4, 0.5) is 11.4 Å². The molecule has 4 aromatic rings. The second kappa shape index (κ2) is 17.6. The van der Waals surface area contributed by atoms with Crippen molar-refractivity contribution >= 4 is 54.8 Å². The summed E-state index contributed by atoms with van der Waals surface area (Å²) in [6.07, 6.45) is 0. The number of hydrogen-bond acceptors (Lipinski definition) is 11. The van der Waals surface area contributed by atoms with Gasteiger partial charge in [0.15, 0.2) is 0 Å². The minimum Gasteiger partial charge on any atom is -0.724 e. The summed E-state index contributed by atoms with van der Waals surface area (Å²) in [5, 5.41) is 11.8. The third kappa shape index (κ3) is 11.3. The van der Waals surface area contributed by atoms with Gasteiger partial charge >= 0.3 is 29.6 Å². The third-order valence-electron chi connectivity index (χ3n) is 7.14. The molecule has 0 unspecified atom stereocenters. The number of Topliss-reactive ketones (excluding diaryl/α,β-unsaturated/α-hetero) is 1. The van der Waals surface area contributed by atoms with Gasteiger partial charge in [-0.1, -0.05) is 52.0 Å². The number of ether oxygens (including phenoxy) is 2. The van der Waals surface area contributed by atoms with Crippen molar-refractivity contribution in [2.24, 2.45) is 16.8 Å². The first kappa shape index (κ1) is 40.0. The van der Waals surface area contributed by atoms with Gasteiger partial charge in [0.25, 0.3) is 0 Å². The van der Waals surface area contributed by atoms with E-state index < -0.39 is 10.4 Å². The number of hydrogen-bond donors (Lipinski definition) is 3. The minimum atomic E-state index is -4.86. The molecule has 0 amide bonds. The van der Waals surface area contributed by atoms with Crippen LogP contribution in [0.3, 0.4) is 0 Å². The summed E-state index contributed by atoms with van der Waals surface area (Å²) in [4.78, 5) is 14.8. The van der Waals surface area contributed by atoms with E-state index in [2.05, 4.69) is 59.8 Å². The molecule has 1 aliphatic rings. The molecule has 0 aromatic heterocycles. The number of rotatable bonds is 5. The number of nitrogens with two attached hydrogens (primary N) is 1. The number of benzene rings is 4. The maximum atomic E-state index is 10.1. The molecule has 1 heterocycles. The third-order valence-corrected chi connectivity index (χ3v) is 7.33. The molecule has 238 valence electrons. The molecule has 1 aliphatic heterocycles. The number of aliphatic imine (C=N–C) groups is 1. The molecule has 0 radical (unpaired) electrons. The quantitative estimate of drug-likeness (QED) is 0.0725. The molecule has 45 heavy (non-hydrogen) atoms. The Morgan fingerprint density at radius 2 is 1.42 bits per heavy atom. The number of nitrogens with one attached hydrogen (secondary N) is 1. The molecule has 0 aliphatic carbocycles. The molecular weight excluding hydrogens is 609 g/mol. The monoisotopic (exact) mass is 649 g/mol. The van der Waals surface area contributed by atoms with Crippen LogP contribution >= 0.6 is 0 Å². The number of hydrazine groups is 1. The van der Waals surface area contributed by atoms with Crippen LogP contribution < -0.4 is 50.3 Å². The first-order valence-corrected chi connectivity index (χ1v) is 14.9. The fourth-order valence-corrected chi connectivity index (χ4v) is 4.11. The maximum absolute atomic E-state index is 10.1. The zero-order chi connectivity index (χ0) is 33.2. The second-order valence-corrected chi connectivity index (χ2v) is 11.7. The predicted octanol–water partition coefficient (Wildman–Crippen LogP) is 3.54. The number of fused-ring (bicyclic) bond motifs is 4. The van der Waals surface area contributed by atoms with E-state index in [-0.39, 0.29) is 46.7 Å². The van der Waals surface area contributed by atoms with Crippen molar-refractivity contribution in [2.45, 2.75) is 47.0 Å². The van der Waals surface area contributed by atoms with Gasteiger partial charge in [0.05, 0.1) is 19.9 Å². The van der Waals surface area contributed by atoms with E-state index in [0.29, 0.717) is 0 Å². The number of carbonyl (C=O) groups excluding carboxylic acids is 1. The Kier molecular flexibility index (Phi) is 15.6. The van der Waals surface area contributed by atoms with Crippen molar-refractivity contribution in [3.63, 3.8) is 0 Å². The van der Waals surface area contributed by atoms with Gasteiger partial charge in [0.1, 0.15) is 17.3 Å². The second-order valence-electron chi connectivity index (χ2n) is 10.7. The Balaban J connectivity index is 0.000000333. The Bertz CT molecular complexity index is 1700. The standard InChI is InChI=1S/C16H17NO.C11H12N2O.C5H10O.Na.H2O5S/c1-10-16(2,3)15-13-9-12(18-4)7-5-11(13)6-8-14(15)17-10;1-14-11-5-3-8-2-4-10(13-12)6-9(8)7-11;1-4(2)5(3)6;;1-5-6(2,3)4/h5-9H,1-4H3;2-7,13H,12H2,1H3;4H,1-3H3;;1H,(H,2,3,4)/q;;;+1;/p-1. The number of nitrogens with zero attached hydrogens (tertiary/aromatic N) is 1. The summed E-state index contributed by atoms with van der Waals surface area (Å²) >= 11 is 0. The van der Waals surface area contributed by atoms with E-state index in [4.69, 9.17) is 33.5 Å². The smallest absolute Gasteiger partial charge is 0.724 e. The van der Waals surface area contributed by atoms with Crippen molar-refractivity contribution in [2.75, 3.05) is 19.6 Å². The van der Waals surface area contributed by atoms with Gasteiger partial charge in [0.2, 0.25) is 10.4 Å². The SMILES string of the molecule is CC(=O)C(C)C.COc1ccc2ccc(NN)cc2c1.COc1ccc2ccc3c(c2c1)C(C)(C)C(C)=N3.O=S(=O)([O-])OO.[Na+]. The van der Waals surface area contributed by atoms with Crippen molar-refractivity contribution in [3.8, 4) is 11.5 Å². The molecule has 4 N–H and O–H groups in total. The fraction of sp³-hybridized carbons (Fsp3) is 0.312. The molecule has 0 fully saturated rings. The average Bonchev–Trinajstić information content (AvgIpc) is 3.24. The first-order chi connectivity index (χ1) is 20.6. The molecule has 0 saturated carbocycles. The molecule has 4 aromatic carbocycles. The summed E-state index contributed by atoms with van der Waals surface area (Å²) in [5.41, 5.74) is 7.10. The predicted molar refractivity (Wildman–Crippen MR) is 174 cm³/mol. The van der Waals surface area contributed by atoms with Crippen molar-refractivity contribution < 1.29 is 66.4 Å².